The second kappa shape index (κ2) is 4.87. The van der Waals surface area contributed by atoms with Gasteiger partial charge in [0.2, 0.25) is 0 Å². The van der Waals surface area contributed by atoms with E-state index in [1.807, 2.05) is 0 Å². The third-order valence-corrected chi connectivity index (χ3v) is 2.90. The van der Waals surface area contributed by atoms with Gasteiger partial charge in [-0.3, -0.25) is 0 Å². The van der Waals surface area contributed by atoms with E-state index in [1.165, 1.54) is 6.07 Å². The molecule has 0 aliphatic carbocycles. The lowest BCUT2D eigenvalue weighted by Gasteiger charge is -2.19. The maximum absolute atomic E-state index is 13.4. The molecule has 14 heavy (non-hydrogen) atoms. The lowest BCUT2D eigenvalue weighted by Crippen LogP contribution is -2.20. The summed E-state index contributed by atoms with van der Waals surface area (Å²) in [4.78, 5) is 0. The first-order valence-corrected chi connectivity index (χ1v) is 5.19. The van der Waals surface area contributed by atoms with Gasteiger partial charge in [0.05, 0.1) is 6.10 Å². The van der Waals surface area contributed by atoms with Crippen LogP contribution in [-0.2, 0) is 0 Å². The van der Waals surface area contributed by atoms with Gasteiger partial charge in [-0.25, -0.2) is 4.39 Å². The summed E-state index contributed by atoms with van der Waals surface area (Å²) in [5, 5.41) is 9.80. The Hall–Kier alpha value is -0.450. The topological polar surface area (TPSA) is 46.2 Å². The summed E-state index contributed by atoms with van der Waals surface area (Å²) in [6, 6.07) is 4.61. The first-order valence-electron chi connectivity index (χ1n) is 4.40. The average molecular weight is 262 g/mol. The van der Waals surface area contributed by atoms with Gasteiger partial charge >= 0.3 is 0 Å². The van der Waals surface area contributed by atoms with E-state index in [-0.39, 0.29) is 11.5 Å². The molecule has 0 aliphatic heterocycles. The Morgan fingerprint density at radius 3 is 2.71 bits per heavy atom. The summed E-state index contributed by atoms with van der Waals surface area (Å²) in [7, 11) is 0. The van der Waals surface area contributed by atoms with E-state index in [1.54, 1.807) is 19.1 Å². The van der Waals surface area contributed by atoms with Crippen LogP contribution in [0.2, 0.25) is 0 Å². The lowest BCUT2D eigenvalue weighted by molar-refractivity contribution is 0.117. The van der Waals surface area contributed by atoms with Gasteiger partial charge in [0.15, 0.2) is 0 Å². The summed E-state index contributed by atoms with van der Waals surface area (Å²) in [5.74, 6) is -0.574. The Morgan fingerprint density at radius 2 is 2.21 bits per heavy atom. The molecular weight excluding hydrogens is 249 g/mol. The van der Waals surface area contributed by atoms with Crippen molar-refractivity contribution in [2.45, 2.75) is 13.0 Å². The fraction of sp³-hybridized carbons (Fsp3) is 0.400. The zero-order chi connectivity index (χ0) is 10.7. The molecule has 1 aromatic carbocycles. The van der Waals surface area contributed by atoms with Crippen molar-refractivity contribution in [1.29, 1.82) is 0 Å². The fourth-order valence-electron chi connectivity index (χ4n) is 1.21. The predicted molar refractivity (Wildman–Crippen MR) is 57.3 cm³/mol. The second-order valence-electron chi connectivity index (χ2n) is 3.29. The zero-order valence-electron chi connectivity index (χ0n) is 7.87. The third kappa shape index (κ3) is 2.32. The van der Waals surface area contributed by atoms with E-state index in [0.717, 1.165) is 0 Å². The summed E-state index contributed by atoms with van der Waals surface area (Å²) < 4.78 is 13.9. The number of hydrogen-bond donors (Lipinski definition) is 2. The molecule has 0 amide bonds. The molecule has 0 fully saturated rings. The van der Waals surface area contributed by atoms with Crippen LogP contribution in [0.15, 0.2) is 22.7 Å². The van der Waals surface area contributed by atoms with Crippen LogP contribution in [0.25, 0.3) is 0 Å². The van der Waals surface area contributed by atoms with Crippen LogP contribution in [0, 0.1) is 11.7 Å². The molecule has 1 rings (SSSR count). The van der Waals surface area contributed by atoms with E-state index in [4.69, 9.17) is 5.73 Å². The molecule has 0 saturated carbocycles. The minimum Gasteiger partial charge on any atom is -0.388 e. The highest BCUT2D eigenvalue weighted by molar-refractivity contribution is 9.10. The fourth-order valence-corrected chi connectivity index (χ4v) is 1.78. The van der Waals surface area contributed by atoms with Crippen LogP contribution in [-0.4, -0.2) is 11.7 Å². The Morgan fingerprint density at radius 1 is 1.57 bits per heavy atom. The quantitative estimate of drug-likeness (QED) is 0.877. The normalized spacial score (nSPS) is 15.2. The molecule has 1 aromatic rings. The third-order valence-electron chi connectivity index (χ3n) is 2.21. The van der Waals surface area contributed by atoms with Crippen LogP contribution < -0.4 is 5.73 Å². The van der Waals surface area contributed by atoms with Gasteiger partial charge in [0, 0.05) is 10.0 Å². The number of aliphatic hydroxyl groups is 1. The first-order chi connectivity index (χ1) is 6.57. The van der Waals surface area contributed by atoms with Gasteiger partial charge in [0.1, 0.15) is 5.82 Å². The molecule has 2 atom stereocenters. The maximum atomic E-state index is 13.4. The second-order valence-corrected chi connectivity index (χ2v) is 4.15. The molecular formula is C10H13BrFNO. The highest BCUT2D eigenvalue weighted by atomic mass is 79.9. The van der Waals surface area contributed by atoms with Gasteiger partial charge in [0.25, 0.3) is 0 Å². The van der Waals surface area contributed by atoms with E-state index < -0.39 is 11.9 Å². The Kier molecular flexibility index (Phi) is 4.04. The van der Waals surface area contributed by atoms with Gasteiger partial charge in [-0.2, -0.15) is 0 Å². The summed E-state index contributed by atoms with van der Waals surface area (Å²) in [6.45, 7) is 2.10. The van der Waals surface area contributed by atoms with Crippen molar-refractivity contribution in [3.05, 3.63) is 34.1 Å². The molecule has 78 valence electrons. The number of nitrogens with two attached hydrogens (primary N) is 1. The van der Waals surface area contributed by atoms with Crippen LogP contribution in [0.1, 0.15) is 18.6 Å². The highest BCUT2D eigenvalue weighted by Gasteiger charge is 2.20. The van der Waals surface area contributed by atoms with E-state index in [9.17, 15) is 9.50 Å². The van der Waals surface area contributed by atoms with Gasteiger partial charge in [-0.15, -0.1) is 0 Å². The van der Waals surface area contributed by atoms with Crippen LogP contribution in [0.4, 0.5) is 4.39 Å². The van der Waals surface area contributed by atoms with Crippen LogP contribution in [0.5, 0.6) is 0 Å². The van der Waals surface area contributed by atoms with Gasteiger partial charge in [-0.1, -0.05) is 28.9 Å². The van der Waals surface area contributed by atoms with Gasteiger partial charge in [-0.05, 0) is 24.6 Å². The monoisotopic (exact) mass is 261 g/mol. The summed E-state index contributed by atoms with van der Waals surface area (Å²) in [5.41, 5.74) is 5.70. The molecule has 0 aromatic heterocycles. The Balaban J connectivity index is 3.05. The van der Waals surface area contributed by atoms with Crippen molar-refractivity contribution < 1.29 is 9.50 Å². The molecule has 2 nitrogen and oxygen atoms in total. The Bertz CT molecular complexity index is 299. The standard InChI is InChI=1S/C10H13BrFNO/c1-6(5-13)10(14)9-7(11)3-2-4-8(9)12/h2-4,6,10,14H,5,13H2,1H3. The number of benzene rings is 1. The molecule has 0 bridgehead atoms. The SMILES string of the molecule is CC(CN)C(O)c1c(F)cccc1Br. The van der Waals surface area contributed by atoms with Crippen molar-refractivity contribution in [1.82, 2.24) is 0 Å². The number of rotatable bonds is 3. The Labute approximate surface area is 91.1 Å². The molecule has 3 N–H and O–H groups in total. The smallest absolute Gasteiger partial charge is 0.130 e. The zero-order valence-corrected chi connectivity index (χ0v) is 9.46. The van der Waals surface area contributed by atoms with E-state index in [0.29, 0.717) is 11.0 Å². The van der Waals surface area contributed by atoms with Crippen molar-refractivity contribution in [2.24, 2.45) is 11.7 Å². The van der Waals surface area contributed by atoms with Crippen molar-refractivity contribution in [3.8, 4) is 0 Å². The molecule has 0 saturated heterocycles. The molecule has 0 heterocycles. The van der Waals surface area contributed by atoms with Crippen molar-refractivity contribution in [3.63, 3.8) is 0 Å². The van der Waals surface area contributed by atoms with E-state index >= 15 is 0 Å². The summed E-state index contributed by atoms with van der Waals surface area (Å²) >= 11 is 3.20. The predicted octanol–water partition coefficient (Wildman–Crippen LogP) is 2.22. The number of aliphatic hydroxyl groups excluding tert-OH is 1. The van der Waals surface area contributed by atoms with Crippen LogP contribution >= 0.6 is 15.9 Å². The van der Waals surface area contributed by atoms with Crippen LogP contribution in [0.3, 0.4) is 0 Å². The van der Waals surface area contributed by atoms with E-state index in [2.05, 4.69) is 15.9 Å². The highest BCUT2D eigenvalue weighted by Crippen LogP contribution is 2.30. The number of halogens is 2. The molecule has 0 spiro atoms. The molecule has 4 heteroatoms. The minimum absolute atomic E-state index is 0.164. The lowest BCUT2D eigenvalue weighted by atomic mass is 9.97. The number of hydrogen-bond acceptors (Lipinski definition) is 2. The molecule has 0 radical (unpaired) electrons. The summed E-state index contributed by atoms with van der Waals surface area (Å²) in [6.07, 6.45) is -0.865. The first kappa shape index (κ1) is 11.6. The maximum Gasteiger partial charge on any atom is 0.130 e. The minimum atomic E-state index is -0.865. The van der Waals surface area contributed by atoms with Crippen molar-refractivity contribution in [2.75, 3.05) is 6.54 Å². The average Bonchev–Trinajstić information content (AvgIpc) is 2.16. The molecule has 2 unspecified atom stereocenters. The van der Waals surface area contributed by atoms with Crippen molar-refractivity contribution >= 4 is 15.9 Å². The molecule has 0 aliphatic rings. The largest absolute Gasteiger partial charge is 0.388 e. The van der Waals surface area contributed by atoms with Gasteiger partial charge < -0.3 is 10.8 Å².